The van der Waals surface area contributed by atoms with Gasteiger partial charge in [0.15, 0.2) is 0 Å². The maximum atomic E-state index is 13.2. The van der Waals surface area contributed by atoms with Gasteiger partial charge in [0.2, 0.25) is 10.0 Å². The number of aromatic amines is 1. The predicted molar refractivity (Wildman–Crippen MR) is 114 cm³/mol. The molecule has 0 saturated carbocycles. The molecule has 1 N–H and O–H groups in total. The number of rotatable bonds is 4. The molecule has 1 aliphatic heterocycles. The lowest BCUT2D eigenvalue weighted by atomic mass is 10.1. The van der Waals surface area contributed by atoms with Gasteiger partial charge < -0.3 is 4.90 Å². The van der Waals surface area contributed by atoms with Gasteiger partial charge in [0.25, 0.3) is 5.91 Å². The first-order valence-electron chi connectivity index (χ1n) is 10.0. The van der Waals surface area contributed by atoms with Crippen molar-refractivity contribution < 1.29 is 17.6 Å². The first-order chi connectivity index (χ1) is 14.8. The van der Waals surface area contributed by atoms with Gasteiger partial charge in [0, 0.05) is 31.7 Å². The molecule has 1 aliphatic rings. The fourth-order valence-electron chi connectivity index (χ4n) is 3.57. The molecule has 4 rings (SSSR count). The van der Waals surface area contributed by atoms with Crippen LogP contribution in [0.3, 0.4) is 0 Å². The number of hydrogen-bond donors (Lipinski definition) is 1. The molecule has 9 heteroatoms. The fourth-order valence-corrected chi connectivity index (χ4v) is 5.04. The molecule has 1 fully saturated rings. The molecule has 7 nitrogen and oxygen atoms in total. The average Bonchev–Trinajstić information content (AvgIpc) is 3.11. The van der Waals surface area contributed by atoms with Crippen LogP contribution in [0.25, 0.3) is 11.3 Å². The van der Waals surface area contributed by atoms with E-state index in [0.717, 1.165) is 23.3 Å². The van der Waals surface area contributed by atoms with E-state index >= 15 is 0 Å². The minimum absolute atomic E-state index is 0.0463. The molecule has 2 aromatic carbocycles. The van der Waals surface area contributed by atoms with Crippen LogP contribution >= 0.6 is 0 Å². The number of carbonyl (C=O) groups is 1. The Morgan fingerprint density at radius 1 is 1.00 bits per heavy atom. The van der Waals surface area contributed by atoms with Crippen LogP contribution in [0.1, 0.15) is 22.5 Å². The van der Waals surface area contributed by atoms with Crippen LogP contribution in [0.2, 0.25) is 0 Å². The first kappa shape index (κ1) is 21.2. The Kier molecular flexibility index (Phi) is 5.88. The number of aromatic nitrogens is 2. The summed E-state index contributed by atoms with van der Waals surface area (Å²) >= 11 is 0. The number of sulfonamides is 1. The Bertz CT molecular complexity index is 1170. The van der Waals surface area contributed by atoms with Gasteiger partial charge in [0.05, 0.1) is 10.6 Å². The normalized spacial score (nSPS) is 15.6. The summed E-state index contributed by atoms with van der Waals surface area (Å²) < 4.78 is 40.2. The second-order valence-electron chi connectivity index (χ2n) is 7.54. The van der Waals surface area contributed by atoms with Crippen LogP contribution in [0.5, 0.6) is 0 Å². The second-order valence-corrected chi connectivity index (χ2v) is 9.47. The third-order valence-electron chi connectivity index (χ3n) is 5.35. The fraction of sp³-hybridized carbons (Fsp3) is 0.273. The lowest BCUT2D eigenvalue weighted by Crippen LogP contribution is -2.37. The van der Waals surface area contributed by atoms with Crippen molar-refractivity contribution in [2.75, 3.05) is 26.2 Å². The highest BCUT2D eigenvalue weighted by Crippen LogP contribution is 2.21. The number of aryl methyl sites for hydroxylation is 1. The molecule has 0 atom stereocenters. The Morgan fingerprint density at radius 3 is 2.42 bits per heavy atom. The highest BCUT2D eigenvalue weighted by atomic mass is 32.2. The number of nitrogens with one attached hydrogen (secondary N) is 1. The first-order valence-corrected chi connectivity index (χ1v) is 11.5. The Morgan fingerprint density at radius 2 is 1.71 bits per heavy atom. The summed E-state index contributed by atoms with van der Waals surface area (Å²) in [4.78, 5) is 14.6. The largest absolute Gasteiger partial charge is 0.336 e. The van der Waals surface area contributed by atoms with E-state index in [1.165, 1.54) is 16.4 Å². The van der Waals surface area contributed by atoms with E-state index < -0.39 is 15.8 Å². The van der Waals surface area contributed by atoms with E-state index in [1.54, 1.807) is 11.0 Å². The number of hydrogen-bond acceptors (Lipinski definition) is 4. The highest BCUT2D eigenvalue weighted by molar-refractivity contribution is 7.89. The lowest BCUT2D eigenvalue weighted by molar-refractivity contribution is 0.0758. The van der Waals surface area contributed by atoms with Gasteiger partial charge in [-0.15, -0.1) is 0 Å². The summed E-state index contributed by atoms with van der Waals surface area (Å²) in [5, 5.41) is 7.05. The van der Waals surface area contributed by atoms with Gasteiger partial charge in [-0.25, -0.2) is 12.8 Å². The molecule has 1 amide bonds. The maximum Gasteiger partial charge on any atom is 0.271 e. The van der Waals surface area contributed by atoms with Crippen LogP contribution < -0.4 is 0 Å². The zero-order valence-corrected chi connectivity index (χ0v) is 17.9. The van der Waals surface area contributed by atoms with Crippen LogP contribution in [-0.2, 0) is 10.0 Å². The smallest absolute Gasteiger partial charge is 0.271 e. The molecule has 0 aliphatic carbocycles. The molecule has 0 unspecified atom stereocenters. The van der Waals surface area contributed by atoms with Crippen molar-refractivity contribution in [1.29, 1.82) is 0 Å². The number of halogens is 1. The minimum atomic E-state index is -3.74. The number of H-pyrrole nitrogens is 1. The molecule has 162 valence electrons. The van der Waals surface area contributed by atoms with Crippen molar-refractivity contribution in [2.24, 2.45) is 0 Å². The van der Waals surface area contributed by atoms with Gasteiger partial charge in [-0.3, -0.25) is 9.89 Å². The molecular formula is C22H23FN4O3S. The molecule has 0 spiro atoms. The van der Waals surface area contributed by atoms with Gasteiger partial charge >= 0.3 is 0 Å². The van der Waals surface area contributed by atoms with Crippen molar-refractivity contribution in [2.45, 2.75) is 18.2 Å². The Balaban J connectivity index is 1.46. The average molecular weight is 443 g/mol. The van der Waals surface area contributed by atoms with E-state index in [2.05, 4.69) is 10.2 Å². The molecule has 3 aromatic rings. The van der Waals surface area contributed by atoms with Crippen molar-refractivity contribution in [1.82, 2.24) is 19.4 Å². The van der Waals surface area contributed by atoms with Crippen molar-refractivity contribution in [3.05, 3.63) is 71.7 Å². The van der Waals surface area contributed by atoms with Crippen molar-refractivity contribution in [3.8, 4) is 11.3 Å². The van der Waals surface area contributed by atoms with Crippen LogP contribution in [0, 0.1) is 12.7 Å². The topological polar surface area (TPSA) is 86.4 Å². The lowest BCUT2D eigenvalue weighted by Gasteiger charge is -2.21. The monoisotopic (exact) mass is 442 g/mol. The van der Waals surface area contributed by atoms with Gasteiger partial charge in [0.1, 0.15) is 11.5 Å². The third-order valence-corrected chi connectivity index (χ3v) is 7.26. The number of nitrogens with zero attached hydrogens (tertiary/aromatic N) is 3. The standard InChI is InChI=1S/C22H23FN4O3S/c1-16-3-5-17(6-4-16)20-15-21(25-24-20)22(28)26-11-2-12-27(14-13-26)31(29,30)19-9-7-18(23)8-10-19/h3-10,15H,2,11-14H2,1H3,(H,24,25). The van der Waals surface area contributed by atoms with E-state index in [-0.39, 0.29) is 23.9 Å². The predicted octanol–water partition coefficient (Wildman–Crippen LogP) is 3.06. The molecule has 0 bridgehead atoms. The van der Waals surface area contributed by atoms with Gasteiger partial charge in [-0.05, 0) is 43.7 Å². The third kappa shape index (κ3) is 4.52. The Labute approximate surface area is 180 Å². The summed E-state index contributed by atoms with van der Waals surface area (Å²) in [7, 11) is -3.74. The molecule has 0 radical (unpaired) electrons. The second kappa shape index (κ2) is 8.60. The summed E-state index contributed by atoms with van der Waals surface area (Å²) in [6, 6.07) is 14.4. The molecule has 1 aromatic heterocycles. The van der Waals surface area contributed by atoms with E-state index in [0.29, 0.717) is 30.9 Å². The number of carbonyl (C=O) groups excluding carboxylic acids is 1. The zero-order chi connectivity index (χ0) is 22.0. The van der Waals surface area contributed by atoms with Crippen LogP contribution in [0.4, 0.5) is 4.39 Å². The molecule has 2 heterocycles. The number of benzene rings is 2. The molecular weight excluding hydrogens is 419 g/mol. The summed E-state index contributed by atoms with van der Waals surface area (Å²) in [6.45, 7) is 3.17. The quantitative estimate of drug-likeness (QED) is 0.673. The van der Waals surface area contributed by atoms with Crippen molar-refractivity contribution >= 4 is 15.9 Å². The Hall–Kier alpha value is -3.04. The minimum Gasteiger partial charge on any atom is -0.336 e. The van der Waals surface area contributed by atoms with E-state index in [4.69, 9.17) is 0 Å². The van der Waals surface area contributed by atoms with E-state index in [1.807, 2.05) is 31.2 Å². The zero-order valence-electron chi connectivity index (χ0n) is 17.1. The van der Waals surface area contributed by atoms with Gasteiger partial charge in [-0.2, -0.15) is 9.40 Å². The molecule has 1 saturated heterocycles. The summed E-state index contributed by atoms with van der Waals surface area (Å²) in [6.07, 6.45) is 0.505. The van der Waals surface area contributed by atoms with E-state index in [9.17, 15) is 17.6 Å². The highest BCUT2D eigenvalue weighted by Gasteiger charge is 2.29. The number of amides is 1. The SMILES string of the molecule is Cc1ccc(-c2cc(C(=O)N3CCCN(S(=O)(=O)c4ccc(F)cc4)CC3)[nH]n2)cc1. The van der Waals surface area contributed by atoms with Crippen LogP contribution in [0.15, 0.2) is 59.5 Å². The van der Waals surface area contributed by atoms with Crippen molar-refractivity contribution in [3.63, 3.8) is 0 Å². The maximum absolute atomic E-state index is 13.2. The van der Waals surface area contributed by atoms with Gasteiger partial charge in [-0.1, -0.05) is 29.8 Å². The summed E-state index contributed by atoms with van der Waals surface area (Å²) in [5.74, 6) is -0.706. The summed E-state index contributed by atoms with van der Waals surface area (Å²) in [5.41, 5.74) is 3.10. The van der Waals surface area contributed by atoms with Crippen LogP contribution in [-0.4, -0.2) is 59.9 Å². The molecule has 31 heavy (non-hydrogen) atoms.